The molecule has 0 unspecified atom stereocenters. The molecule has 3 N–H and O–H groups in total. The molecule has 0 aliphatic rings. The van der Waals surface area contributed by atoms with Gasteiger partial charge in [-0.15, -0.1) is 5.16 Å². The summed E-state index contributed by atoms with van der Waals surface area (Å²) in [5, 5.41) is 19.8. The lowest BCUT2D eigenvalue weighted by molar-refractivity contribution is 0.242. The largest absolute Gasteiger partial charge is 0.411 e. The molecular formula is C22H23N3O2. The number of anilines is 1. The van der Waals surface area contributed by atoms with Gasteiger partial charge in [0.2, 0.25) is 0 Å². The summed E-state index contributed by atoms with van der Waals surface area (Å²) in [5.74, 6) is 0. The van der Waals surface area contributed by atoms with E-state index in [-0.39, 0.29) is 6.03 Å². The number of carbonyl (C=O) groups is 1. The maximum atomic E-state index is 12.5. The Morgan fingerprint density at radius 3 is 2.59 bits per heavy atom. The van der Waals surface area contributed by atoms with Crippen LogP contribution in [-0.4, -0.2) is 17.5 Å². The first-order valence-electron chi connectivity index (χ1n) is 8.81. The fourth-order valence-electron chi connectivity index (χ4n) is 3.02. The maximum absolute atomic E-state index is 12.5. The summed E-state index contributed by atoms with van der Waals surface area (Å²) in [5.41, 5.74) is 2.16. The number of urea groups is 1. The molecule has 3 rings (SSSR count). The van der Waals surface area contributed by atoms with Gasteiger partial charge in [0.15, 0.2) is 0 Å². The van der Waals surface area contributed by atoms with Crippen molar-refractivity contribution in [3.05, 3.63) is 77.9 Å². The van der Waals surface area contributed by atoms with Crippen molar-refractivity contribution >= 4 is 28.7 Å². The molecule has 0 bridgehead atoms. The zero-order chi connectivity index (χ0) is 19.3. The lowest BCUT2D eigenvalue weighted by Gasteiger charge is -2.27. The first-order valence-corrected chi connectivity index (χ1v) is 8.81. The molecule has 0 saturated heterocycles. The standard InChI is InChI=1S/C22H23N3O2/c1-22(2,19-9-5-6-16(14-19)12-13-23-27)25-21(26)24-20-11-10-17-7-3-4-8-18(17)15-20/h3-11,13-15,27H,12H2,1-2H3,(H2,24,25,26)/b23-13+. The zero-order valence-electron chi connectivity index (χ0n) is 15.4. The number of benzene rings is 3. The molecular weight excluding hydrogens is 338 g/mol. The third-order valence-electron chi connectivity index (χ3n) is 4.49. The third kappa shape index (κ3) is 4.64. The molecule has 0 fully saturated rings. The number of carbonyl (C=O) groups excluding carboxylic acids is 1. The number of nitrogens with zero attached hydrogens (tertiary/aromatic N) is 1. The van der Waals surface area contributed by atoms with Crippen molar-refractivity contribution in [2.45, 2.75) is 25.8 Å². The van der Waals surface area contributed by atoms with Crippen LogP contribution in [0.15, 0.2) is 71.9 Å². The predicted octanol–water partition coefficient (Wildman–Crippen LogP) is 4.90. The Morgan fingerprint density at radius 2 is 1.81 bits per heavy atom. The molecule has 0 atom stereocenters. The molecule has 5 nitrogen and oxygen atoms in total. The van der Waals surface area contributed by atoms with Gasteiger partial charge in [-0.05, 0) is 47.9 Å². The quantitative estimate of drug-likeness (QED) is 0.343. The summed E-state index contributed by atoms with van der Waals surface area (Å²) >= 11 is 0. The summed E-state index contributed by atoms with van der Waals surface area (Å²) in [6.07, 6.45) is 1.97. The summed E-state index contributed by atoms with van der Waals surface area (Å²) in [4.78, 5) is 12.5. The van der Waals surface area contributed by atoms with Crippen LogP contribution in [0.4, 0.5) is 10.5 Å². The van der Waals surface area contributed by atoms with E-state index in [1.165, 1.54) is 6.21 Å². The van der Waals surface area contributed by atoms with E-state index >= 15 is 0 Å². The molecule has 27 heavy (non-hydrogen) atoms. The fourth-order valence-corrected chi connectivity index (χ4v) is 3.02. The van der Waals surface area contributed by atoms with Crippen LogP contribution in [0.1, 0.15) is 25.0 Å². The van der Waals surface area contributed by atoms with Gasteiger partial charge in [0.25, 0.3) is 0 Å². The van der Waals surface area contributed by atoms with Crippen LogP contribution in [0.3, 0.4) is 0 Å². The van der Waals surface area contributed by atoms with Gasteiger partial charge in [0, 0.05) is 18.3 Å². The monoisotopic (exact) mass is 361 g/mol. The summed E-state index contributed by atoms with van der Waals surface area (Å²) in [7, 11) is 0. The number of hydrogen-bond acceptors (Lipinski definition) is 3. The molecule has 3 aromatic rings. The lowest BCUT2D eigenvalue weighted by atomic mass is 9.92. The van der Waals surface area contributed by atoms with E-state index in [4.69, 9.17) is 5.21 Å². The van der Waals surface area contributed by atoms with E-state index in [9.17, 15) is 4.79 Å². The second-order valence-corrected chi connectivity index (χ2v) is 6.97. The summed E-state index contributed by atoms with van der Waals surface area (Å²) < 4.78 is 0. The lowest BCUT2D eigenvalue weighted by Crippen LogP contribution is -2.43. The van der Waals surface area contributed by atoms with Crippen LogP contribution in [0.25, 0.3) is 10.8 Å². The molecule has 0 saturated carbocycles. The highest BCUT2D eigenvalue weighted by atomic mass is 16.4. The Balaban J connectivity index is 1.71. The molecule has 0 aliphatic carbocycles. The molecule has 0 aromatic heterocycles. The van der Waals surface area contributed by atoms with Gasteiger partial charge in [-0.2, -0.15) is 0 Å². The minimum atomic E-state index is -0.562. The van der Waals surface area contributed by atoms with E-state index in [0.29, 0.717) is 6.42 Å². The molecule has 2 amide bonds. The molecule has 138 valence electrons. The number of rotatable bonds is 5. The van der Waals surface area contributed by atoms with Gasteiger partial charge in [-0.1, -0.05) is 54.6 Å². The van der Waals surface area contributed by atoms with Crippen LogP contribution in [-0.2, 0) is 12.0 Å². The number of hydrogen-bond donors (Lipinski definition) is 3. The number of amides is 2. The molecule has 0 aliphatic heterocycles. The molecule has 5 heteroatoms. The van der Waals surface area contributed by atoms with E-state index in [2.05, 4.69) is 15.8 Å². The second kappa shape index (κ2) is 7.91. The van der Waals surface area contributed by atoms with Crippen LogP contribution < -0.4 is 10.6 Å². The molecule has 0 heterocycles. The van der Waals surface area contributed by atoms with Crippen LogP contribution in [0, 0.1) is 0 Å². The van der Waals surface area contributed by atoms with Gasteiger partial charge in [0.05, 0.1) is 5.54 Å². The van der Waals surface area contributed by atoms with Gasteiger partial charge in [0.1, 0.15) is 0 Å². The summed E-state index contributed by atoms with van der Waals surface area (Å²) in [6, 6.07) is 21.4. The Morgan fingerprint density at radius 1 is 1.04 bits per heavy atom. The van der Waals surface area contributed by atoms with Crippen molar-refractivity contribution in [3.8, 4) is 0 Å². The van der Waals surface area contributed by atoms with Crippen molar-refractivity contribution in [2.24, 2.45) is 5.16 Å². The van der Waals surface area contributed by atoms with E-state index in [0.717, 1.165) is 27.6 Å². The van der Waals surface area contributed by atoms with Crippen LogP contribution >= 0.6 is 0 Å². The predicted molar refractivity (Wildman–Crippen MR) is 110 cm³/mol. The smallest absolute Gasteiger partial charge is 0.319 e. The first kappa shape index (κ1) is 18.5. The SMILES string of the molecule is CC(C)(NC(=O)Nc1ccc2ccccc2c1)c1cccc(C/C=N/O)c1. The van der Waals surface area contributed by atoms with Crippen molar-refractivity contribution in [1.29, 1.82) is 0 Å². The second-order valence-electron chi connectivity index (χ2n) is 6.97. The average molecular weight is 361 g/mol. The highest BCUT2D eigenvalue weighted by molar-refractivity contribution is 5.93. The third-order valence-corrected chi connectivity index (χ3v) is 4.49. The Hall–Kier alpha value is -3.34. The molecule has 0 spiro atoms. The number of fused-ring (bicyclic) bond motifs is 1. The van der Waals surface area contributed by atoms with E-state index in [1.54, 1.807) is 0 Å². The Bertz CT molecular complexity index is 980. The number of oxime groups is 1. The van der Waals surface area contributed by atoms with E-state index < -0.39 is 5.54 Å². The van der Waals surface area contributed by atoms with Crippen LogP contribution in [0.5, 0.6) is 0 Å². The minimum absolute atomic E-state index is 0.266. The minimum Gasteiger partial charge on any atom is -0.411 e. The highest BCUT2D eigenvalue weighted by Crippen LogP contribution is 2.22. The van der Waals surface area contributed by atoms with Crippen molar-refractivity contribution < 1.29 is 10.0 Å². The Labute approximate surface area is 158 Å². The van der Waals surface area contributed by atoms with Crippen molar-refractivity contribution in [2.75, 3.05) is 5.32 Å². The van der Waals surface area contributed by atoms with E-state index in [1.807, 2.05) is 80.6 Å². The van der Waals surface area contributed by atoms with Crippen LogP contribution in [0.2, 0.25) is 0 Å². The average Bonchev–Trinajstić information content (AvgIpc) is 2.66. The highest BCUT2D eigenvalue weighted by Gasteiger charge is 2.23. The first-order chi connectivity index (χ1) is 13.0. The van der Waals surface area contributed by atoms with Gasteiger partial charge < -0.3 is 15.8 Å². The van der Waals surface area contributed by atoms with Crippen molar-refractivity contribution in [1.82, 2.24) is 5.32 Å². The van der Waals surface area contributed by atoms with Crippen molar-refractivity contribution in [3.63, 3.8) is 0 Å². The normalized spacial score (nSPS) is 11.6. The summed E-state index contributed by atoms with van der Waals surface area (Å²) in [6.45, 7) is 3.90. The molecule has 3 aromatic carbocycles. The maximum Gasteiger partial charge on any atom is 0.319 e. The topological polar surface area (TPSA) is 73.7 Å². The fraction of sp³-hybridized carbons (Fsp3) is 0.182. The van der Waals surface area contributed by atoms with Gasteiger partial charge in [-0.3, -0.25) is 0 Å². The Kier molecular flexibility index (Phi) is 5.41. The van der Waals surface area contributed by atoms with Gasteiger partial charge in [-0.25, -0.2) is 4.79 Å². The molecule has 0 radical (unpaired) electrons. The number of nitrogens with one attached hydrogen (secondary N) is 2. The van der Waals surface area contributed by atoms with Gasteiger partial charge >= 0.3 is 6.03 Å². The zero-order valence-corrected chi connectivity index (χ0v) is 15.4.